The van der Waals surface area contributed by atoms with E-state index in [1.165, 1.54) is 0 Å². The summed E-state index contributed by atoms with van der Waals surface area (Å²) in [5.74, 6) is 1.61. The largest absolute Gasteiger partial charge is 0.396 e. The molecule has 72 valence electrons. The third-order valence-corrected chi connectivity index (χ3v) is 2.28. The average molecular weight is 192 g/mol. The first-order valence-corrected chi connectivity index (χ1v) is 5.64. The Morgan fingerprint density at radius 1 is 1.50 bits per heavy atom. The lowest BCUT2D eigenvalue weighted by atomic mass is 10.3. The topological polar surface area (TPSA) is 46.5 Å². The first-order chi connectivity index (χ1) is 5.81. The second kappa shape index (κ2) is 8.98. The molecule has 0 rings (SSSR count). The molecule has 4 heteroatoms. The van der Waals surface area contributed by atoms with Gasteiger partial charge in [-0.2, -0.15) is 0 Å². The number of unbranched alkanes of at least 4 members (excludes halogenated alkanes) is 1. The van der Waals surface area contributed by atoms with Crippen LogP contribution in [-0.2, 0) is 9.09 Å². The summed E-state index contributed by atoms with van der Waals surface area (Å²) in [7, 11) is -1.94. The van der Waals surface area contributed by atoms with Crippen molar-refractivity contribution in [2.24, 2.45) is 0 Å². The first-order valence-electron chi connectivity index (χ1n) is 4.25. The minimum absolute atomic E-state index is 0.176. The summed E-state index contributed by atoms with van der Waals surface area (Å²) in [5, 5.41) is 8.43. The third-order valence-electron chi connectivity index (χ3n) is 1.29. The second-order valence-corrected chi connectivity index (χ2v) is 3.67. The fourth-order valence-electron chi connectivity index (χ4n) is 0.649. The van der Waals surface area contributed by atoms with Crippen molar-refractivity contribution in [3.05, 3.63) is 11.9 Å². The molecule has 0 spiro atoms. The van der Waals surface area contributed by atoms with Gasteiger partial charge in [-0.15, -0.1) is 0 Å². The van der Waals surface area contributed by atoms with Crippen molar-refractivity contribution in [1.82, 2.24) is 0 Å². The van der Waals surface area contributed by atoms with Crippen molar-refractivity contribution < 1.29 is 14.2 Å². The predicted octanol–water partition coefficient (Wildman–Crippen LogP) is 2.17. The molecule has 0 saturated carbocycles. The maximum absolute atomic E-state index is 11.0. The molecule has 1 atom stereocenters. The molecule has 0 aromatic heterocycles. The smallest absolute Gasteiger partial charge is 0.213 e. The molecule has 3 nitrogen and oxygen atoms in total. The molecule has 0 aliphatic carbocycles. The van der Waals surface area contributed by atoms with Crippen LogP contribution in [0, 0.1) is 0 Å². The summed E-state index contributed by atoms with van der Waals surface area (Å²) in [4.78, 5) is 0. The summed E-state index contributed by atoms with van der Waals surface area (Å²) in [6, 6.07) is 0. The van der Waals surface area contributed by atoms with Gasteiger partial charge in [0, 0.05) is 6.61 Å². The van der Waals surface area contributed by atoms with Crippen LogP contribution in [0.3, 0.4) is 0 Å². The molecular weight excluding hydrogens is 175 g/mol. The quantitative estimate of drug-likeness (QED) is 0.496. The SMILES string of the molecule is CCC=C[PH](=O)OCCCCO. The minimum atomic E-state index is -1.94. The Bertz CT molecular complexity index is 145. The molecule has 0 radical (unpaired) electrons. The van der Waals surface area contributed by atoms with Gasteiger partial charge in [0.25, 0.3) is 0 Å². The Labute approximate surface area is 74.3 Å². The fraction of sp³-hybridized carbons (Fsp3) is 0.750. The third kappa shape index (κ3) is 7.99. The number of hydrogen-bond acceptors (Lipinski definition) is 3. The summed E-state index contributed by atoms with van der Waals surface area (Å²) in [5.41, 5.74) is 0. The number of aliphatic hydroxyl groups excluding tert-OH is 1. The zero-order chi connectivity index (χ0) is 9.23. The molecule has 0 fully saturated rings. The van der Waals surface area contributed by atoms with Crippen LogP contribution in [0.25, 0.3) is 0 Å². The van der Waals surface area contributed by atoms with Crippen molar-refractivity contribution in [2.45, 2.75) is 26.2 Å². The highest BCUT2D eigenvalue weighted by Crippen LogP contribution is 2.23. The molecule has 0 aromatic rings. The summed E-state index contributed by atoms with van der Waals surface area (Å²) >= 11 is 0. The fourth-order valence-corrected chi connectivity index (χ4v) is 1.52. The van der Waals surface area contributed by atoms with Gasteiger partial charge in [-0.1, -0.05) is 13.0 Å². The van der Waals surface area contributed by atoms with E-state index in [9.17, 15) is 4.57 Å². The van der Waals surface area contributed by atoms with Crippen LogP contribution in [0.4, 0.5) is 0 Å². The Balaban J connectivity index is 3.25. The lowest BCUT2D eigenvalue weighted by Gasteiger charge is -1.98. The van der Waals surface area contributed by atoms with Crippen LogP contribution in [0.5, 0.6) is 0 Å². The van der Waals surface area contributed by atoms with Crippen molar-refractivity contribution in [3.63, 3.8) is 0 Å². The van der Waals surface area contributed by atoms with Gasteiger partial charge in [-0.25, -0.2) is 0 Å². The second-order valence-electron chi connectivity index (χ2n) is 2.41. The van der Waals surface area contributed by atoms with Crippen LogP contribution in [-0.4, -0.2) is 18.3 Å². The number of rotatable bonds is 7. The van der Waals surface area contributed by atoms with Crippen molar-refractivity contribution in [3.8, 4) is 0 Å². The highest BCUT2D eigenvalue weighted by Gasteiger charge is 1.92. The summed E-state index contributed by atoms with van der Waals surface area (Å²) < 4.78 is 16.0. The van der Waals surface area contributed by atoms with E-state index < -0.39 is 8.03 Å². The van der Waals surface area contributed by atoms with E-state index in [1.54, 1.807) is 5.82 Å². The Kier molecular flexibility index (Phi) is 8.90. The van der Waals surface area contributed by atoms with Crippen LogP contribution in [0.1, 0.15) is 26.2 Å². The Morgan fingerprint density at radius 3 is 2.83 bits per heavy atom. The van der Waals surface area contributed by atoms with Gasteiger partial charge in [-0.3, -0.25) is 4.57 Å². The zero-order valence-corrected chi connectivity index (χ0v) is 8.45. The molecule has 0 bridgehead atoms. The maximum atomic E-state index is 11.0. The number of allylic oxidation sites excluding steroid dienone is 1. The van der Waals surface area contributed by atoms with E-state index in [0.717, 1.165) is 12.8 Å². The predicted molar refractivity (Wildman–Crippen MR) is 50.7 cm³/mol. The molecule has 0 heterocycles. The van der Waals surface area contributed by atoms with E-state index in [1.807, 2.05) is 13.0 Å². The van der Waals surface area contributed by atoms with Gasteiger partial charge >= 0.3 is 0 Å². The lowest BCUT2D eigenvalue weighted by molar-refractivity contribution is 0.259. The molecular formula is C8H17O3P. The van der Waals surface area contributed by atoms with Gasteiger partial charge < -0.3 is 9.63 Å². The monoisotopic (exact) mass is 192 g/mol. The van der Waals surface area contributed by atoms with E-state index in [4.69, 9.17) is 9.63 Å². The molecule has 12 heavy (non-hydrogen) atoms. The summed E-state index contributed by atoms with van der Waals surface area (Å²) in [6.45, 7) is 2.64. The molecule has 0 aliphatic rings. The van der Waals surface area contributed by atoms with Crippen LogP contribution >= 0.6 is 8.03 Å². The van der Waals surface area contributed by atoms with Gasteiger partial charge in [-0.05, 0) is 25.1 Å². The van der Waals surface area contributed by atoms with Crippen LogP contribution in [0.15, 0.2) is 11.9 Å². The van der Waals surface area contributed by atoms with E-state index in [2.05, 4.69) is 0 Å². The molecule has 1 N–H and O–H groups in total. The van der Waals surface area contributed by atoms with Crippen molar-refractivity contribution >= 4 is 8.03 Å². The molecule has 0 aliphatic heterocycles. The van der Waals surface area contributed by atoms with Crippen molar-refractivity contribution in [1.29, 1.82) is 0 Å². The Morgan fingerprint density at radius 2 is 2.25 bits per heavy atom. The molecule has 0 amide bonds. The standard InChI is InChI=1S/C8H17O3P/c1-2-3-8-12(10)11-7-5-4-6-9/h3,8-9,12H,2,4-7H2,1H3. The first kappa shape index (κ1) is 11.9. The van der Waals surface area contributed by atoms with E-state index >= 15 is 0 Å². The van der Waals surface area contributed by atoms with Gasteiger partial charge in [0.05, 0.1) is 6.61 Å². The lowest BCUT2D eigenvalue weighted by Crippen LogP contribution is -1.89. The molecule has 0 aromatic carbocycles. The molecule has 0 saturated heterocycles. The van der Waals surface area contributed by atoms with Gasteiger partial charge in [0.1, 0.15) is 0 Å². The maximum Gasteiger partial charge on any atom is 0.213 e. The summed E-state index contributed by atoms with van der Waals surface area (Å²) in [6.07, 6.45) is 4.21. The normalized spacial score (nSPS) is 13.8. The molecule has 1 unspecified atom stereocenters. The van der Waals surface area contributed by atoms with Gasteiger partial charge in [0.15, 0.2) is 0 Å². The highest BCUT2D eigenvalue weighted by molar-refractivity contribution is 7.42. The highest BCUT2D eigenvalue weighted by atomic mass is 31.1. The van der Waals surface area contributed by atoms with Gasteiger partial charge in [0.2, 0.25) is 8.03 Å². The zero-order valence-electron chi connectivity index (χ0n) is 7.45. The minimum Gasteiger partial charge on any atom is -0.396 e. The number of hydrogen-bond donors (Lipinski definition) is 1. The average Bonchev–Trinajstić information content (AvgIpc) is 2.09. The van der Waals surface area contributed by atoms with E-state index in [0.29, 0.717) is 13.0 Å². The van der Waals surface area contributed by atoms with Crippen LogP contribution < -0.4 is 0 Å². The number of aliphatic hydroxyl groups is 1. The van der Waals surface area contributed by atoms with Crippen LogP contribution in [0.2, 0.25) is 0 Å². The van der Waals surface area contributed by atoms with Crippen molar-refractivity contribution in [2.75, 3.05) is 13.2 Å². The Hall–Kier alpha value is -0.110. The van der Waals surface area contributed by atoms with E-state index in [-0.39, 0.29) is 6.61 Å².